The summed E-state index contributed by atoms with van der Waals surface area (Å²) < 4.78 is 42.3. The highest BCUT2D eigenvalue weighted by Gasteiger charge is 2.52. The van der Waals surface area contributed by atoms with E-state index in [-0.39, 0.29) is 34.7 Å². The number of fused-ring (bicyclic) bond motifs is 1. The van der Waals surface area contributed by atoms with Crippen LogP contribution in [0.4, 0.5) is 19.0 Å². The van der Waals surface area contributed by atoms with Crippen molar-refractivity contribution in [2.45, 2.75) is 89.5 Å². The Bertz CT molecular complexity index is 818. The van der Waals surface area contributed by atoms with Crippen LogP contribution >= 0.6 is 0 Å². The number of nitrogens with one attached hydrogen (secondary N) is 2. The van der Waals surface area contributed by atoms with Crippen LogP contribution in [0.2, 0.25) is 0 Å². The SMILES string of the molecule is CC(C)(C)[C@@H]1C[C@H](C(F)(F)F)n2ncc(C(=O)NC34CC5CC(CC(C5)C3)C4)c2N1. The van der Waals surface area contributed by atoms with Crippen LogP contribution < -0.4 is 10.6 Å². The molecule has 2 atom stereocenters. The molecule has 4 aliphatic carbocycles. The van der Waals surface area contributed by atoms with Crippen LogP contribution in [0.1, 0.15) is 82.1 Å². The van der Waals surface area contributed by atoms with Crippen molar-refractivity contribution in [3.8, 4) is 0 Å². The summed E-state index contributed by atoms with van der Waals surface area (Å²) in [6.45, 7) is 5.75. The second-order valence-electron chi connectivity index (χ2n) is 11.4. The van der Waals surface area contributed by atoms with Gasteiger partial charge < -0.3 is 10.6 Å². The maximum atomic E-state index is 13.8. The van der Waals surface area contributed by atoms with Gasteiger partial charge in [0.25, 0.3) is 5.91 Å². The Hall–Kier alpha value is -1.73. The zero-order valence-electron chi connectivity index (χ0n) is 17.9. The van der Waals surface area contributed by atoms with Crippen molar-refractivity contribution in [2.24, 2.45) is 23.2 Å². The average Bonchev–Trinajstić information content (AvgIpc) is 3.01. The van der Waals surface area contributed by atoms with Crippen LogP contribution in [-0.4, -0.2) is 33.4 Å². The van der Waals surface area contributed by atoms with Gasteiger partial charge in [0.05, 0.1) is 6.20 Å². The Morgan fingerprint density at radius 3 is 2.17 bits per heavy atom. The Morgan fingerprint density at radius 1 is 1.10 bits per heavy atom. The largest absolute Gasteiger partial charge is 0.410 e. The summed E-state index contributed by atoms with van der Waals surface area (Å²) in [6.07, 6.45) is 3.58. The minimum absolute atomic E-state index is 0.0995. The number of hydrogen-bond acceptors (Lipinski definition) is 3. The van der Waals surface area contributed by atoms with Crippen molar-refractivity contribution < 1.29 is 18.0 Å². The van der Waals surface area contributed by atoms with Crippen LogP contribution in [0.3, 0.4) is 0 Å². The van der Waals surface area contributed by atoms with Gasteiger partial charge >= 0.3 is 6.18 Å². The third kappa shape index (κ3) is 3.30. The van der Waals surface area contributed by atoms with E-state index in [2.05, 4.69) is 15.7 Å². The Kier molecular flexibility index (Phi) is 4.30. The Balaban J connectivity index is 1.44. The number of anilines is 1. The first kappa shape index (κ1) is 20.2. The van der Waals surface area contributed by atoms with Gasteiger partial charge in [0, 0.05) is 11.6 Å². The lowest BCUT2D eigenvalue weighted by atomic mass is 9.53. The minimum atomic E-state index is -4.42. The zero-order chi connectivity index (χ0) is 21.5. The molecule has 6 rings (SSSR count). The van der Waals surface area contributed by atoms with E-state index in [0.717, 1.165) is 23.9 Å². The number of aromatic nitrogens is 2. The molecule has 4 bridgehead atoms. The van der Waals surface area contributed by atoms with Crippen molar-refractivity contribution >= 4 is 11.7 Å². The van der Waals surface area contributed by atoms with Gasteiger partial charge in [0.1, 0.15) is 11.4 Å². The molecule has 2 heterocycles. The minimum Gasteiger partial charge on any atom is -0.366 e. The average molecular weight is 425 g/mol. The summed E-state index contributed by atoms with van der Waals surface area (Å²) >= 11 is 0. The number of rotatable bonds is 2. The fraction of sp³-hybridized carbons (Fsp3) is 0.818. The van der Waals surface area contributed by atoms with Crippen LogP contribution in [0.25, 0.3) is 0 Å². The van der Waals surface area contributed by atoms with Gasteiger partial charge in [-0.25, -0.2) is 4.68 Å². The lowest BCUT2D eigenvalue weighted by Crippen LogP contribution is -2.59. The molecule has 0 saturated heterocycles. The quantitative estimate of drug-likeness (QED) is 0.709. The van der Waals surface area contributed by atoms with Crippen LogP contribution in [-0.2, 0) is 0 Å². The predicted molar refractivity (Wildman–Crippen MR) is 107 cm³/mol. The second kappa shape index (κ2) is 6.39. The molecule has 1 amide bonds. The predicted octanol–water partition coefficient (Wildman–Crippen LogP) is 4.92. The van der Waals surface area contributed by atoms with Crippen molar-refractivity contribution in [3.05, 3.63) is 11.8 Å². The van der Waals surface area contributed by atoms with E-state index in [1.165, 1.54) is 25.5 Å². The van der Waals surface area contributed by atoms with Gasteiger partial charge in [-0.2, -0.15) is 18.3 Å². The second-order valence-corrected chi connectivity index (χ2v) is 11.4. The smallest absolute Gasteiger partial charge is 0.366 e. The molecular formula is C22H31F3N4O. The summed E-state index contributed by atoms with van der Waals surface area (Å²) in [5, 5.41) is 10.5. The topological polar surface area (TPSA) is 59.0 Å². The van der Waals surface area contributed by atoms with E-state index in [4.69, 9.17) is 0 Å². The van der Waals surface area contributed by atoms with Gasteiger partial charge in [-0.15, -0.1) is 0 Å². The van der Waals surface area contributed by atoms with Crippen molar-refractivity contribution in [1.82, 2.24) is 15.1 Å². The first-order valence-electron chi connectivity index (χ1n) is 11.2. The summed E-state index contributed by atoms with van der Waals surface area (Å²) in [7, 11) is 0. The standard InChI is InChI=1S/C22H31F3N4O/c1-20(2,3)16-7-17(22(23,24)25)29-18(27-16)15(11-26-29)19(30)28-21-8-12-4-13(9-21)6-14(5-12)10-21/h11-14,16-17,27H,4-10H2,1-3H3,(H,28,30)/t12?,13?,14?,16-,17+,21?/m0/s1. The summed E-state index contributed by atoms with van der Waals surface area (Å²) in [4.78, 5) is 13.3. The van der Waals surface area contributed by atoms with Gasteiger partial charge in [-0.3, -0.25) is 4.79 Å². The molecular weight excluding hydrogens is 393 g/mol. The molecule has 0 aromatic carbocycles. The third-order valence-electron chi connectivity index (χ3n) is 7.95. The van der Waals surface area contributed by atoms with Crippen molar-refractivity contribution in [1.29, 1.82) is 0 Å². The molecule has 0 spiro atoms. The number of alkyl halides is 3. The van der Waals surface area contributed by atoms with Gasteiger partial charge in [0.2, 0.25) is 0 Å². The maximum Gasteiger partial charge on any atom is 0.410 e. The highest BCUT2D eigenvalue weighted by Crippen LogP contribution is 2.55. The van der Waals surface area contributed by atoms with Crippen molar-refractivity contribution in [3.63, 3.8) is 0 Å². The number of halogens is 3. The lowest BCUT2D eigenvalue weighted by Gasteiger charge is -2.56. The summed E-state index contributed by atoms with van der Waals surface area (Å²) in [5.41, 5.74) is -0.344. The van der Waals surface area contributed by atoms with E-state index >= 15 is 0 Å². The third-order valence-corrected chi connectivity index (χ3v) is 7.95. The highest BCUT2D eigenvalue weighted by atomic mass is 19.4. The number of amides is 1. The molecule has 0 radical (unpaired) electrons. The molecule has 4 fully saturated rings. The molecule has 5 nitrogen and oxygen atoms in total. The summed E-state index contributed by atoms with van der Waals surface area (Å²) in [6, 6.07) is -2.13. The van der Waals surface area contributed by atoms with E-state index in [1.807, 2.05) is 20.8 Å². The van der Waals surface area contributed by atoms with Crippen molar-refractivity contribution in [2.75, 3.05) is 5.32 Å². The molecule has 2 N–H and O–H groups in total. The Morgan fingerprint density at radius 2 is 1.67 bits per heavy atom. The monoisotopic (exact) mass is 424 g/mol. The number of carbonyl (C=O) groups is 1. The fourth-order valence-corrected chi connectivity index (χ4v) is 6.87. The molecule has 1 aromatic rings. The Labute approximate surface area is 175 Å². The molecule has 8 heteroatoms. The zero-order valence-corrected chi connectivity index (χ0v) is 17.9. The highest BCUT2D eigenvalue weighted by molar-refractivity contribution is 5.99. The lowest BCUT2D eigenvalue weighted by molar-refractivity contribution is -0.175. The first-order chi connectivity index (χ1) is 13.9. The van der Waals surface area contributed by atoms with Gasteiger partial charge in [-0.05, 0) is 68.1 Å². The van der Waals surface area contributed by atoms with Crippen LogP contribution in [0.15, 0.2) is 6.20 Å². The molecule has 166 valence electrons. The molecule has 30 heavy (non-hydrogen) atoms. The van der Waals surface area contributed by atoms with E-state index in [0.29, 0.717) is 17.8 Å². The van der Waals surface area contributed by atoms with Crippen LogP contribution in [0, 0.1) is 23.2 Å². The molecule has 1 aliphatic heterocycles. The van der Waals surface area contributed by atoms with Gasteiger partial charge in [-0.1, -0.05) is 20.8 Å². The van der Waals surface area contributed by atoms with Crippen LogP contribution in [0.5, 0.6) is 0 Å². The summed E-state index contributed by atoms with van der Waals surface area (Å²) in [5.74, 6) is 1.94. The molecule has 5 aliphatic rings. The van der Waals surface area contributed by atoms with E-state index in [9.17, 15) is 18.0 Å². The van der Waals surface area contributed by atoms with E-state index in [1.54, 1.807) is 0 Å². The first-order valence-corrected chi connectivity index (χ1v) is 11.2. The number of carbonyl (C=O) groups excluding carboxylic acids is 1. The number of hydrogen-bond donors (Lipinski definition) is 2. The molecule has 4 saturated carbocycles. The number of nitrogens with zero attached hydrogens (tertiary/aromatic N) is 2. The molecule has 1 aromatic heterocycles. The fourth-order valence-electron chi connectivity index (χ4n) is 6.87. The van der Waals surface area contributed by atoms with Gasteiger partial charge in [0.15, 0.2) is 6.04 Å². The van der Waals surface area contributed by atoms with E-state index < -0.39 is 18.3 Å². The molecule has 0 unspecified atom stereocenters. The normalized spacial score (nSPS) is 37.6. The maximum absolute atomic E-state index is 13.8.